The number of nitrogens with zero attached hydrogens (tertiary/aromatic N) is 4. The molecule has 4 rings (SSSR count). The second kappa shape index (κ2) is 9.70. The van der Waals surface area contributed by atoms with Gasteiger partial charge in [0.2, 0.25) is 0 Å². The molecule has 0 saturated carbocycles. The number of hydrogen-bond acceptors (Lipinski definition) is 5. The van der Waals surface area contributed by atoms with Crippen molar-refractivity contribution in [2.24, 2.45) is 7.05 Å². The standard InChI is InChI=1S/C27H33N5O2S/c1-15-9-16(2)17(3)24(10-15)34-13-22-11-25(35-14-22)27(33)28-26-19(5)30-32(21(26)7)12-23-18(4)29-31(8)20(23)6/h9-11,14H,12-13H2,1-8H3,(H,28,33). The number of rotatable bonds is 7. The molecule has 0 unspecified atom stereocenters. The first kappa shape index (κ1) is 24.7. The topological polar surface area (TPSA) is 74.0 Å². The van der Waals surface area contributed by atoms with Gasteiger partial charge in [0.1, 0.15) is 12.4 Å². The Labute approximate surface area is 210 Å². The lowest BCUT2D eigenvalue weighted by molar-refractivity contribution is 0.103. The van der Waals surface area contributed by atoms with E-state index in [4.69, 9.17) is 4.74 Å². The van der Waals surface area contributed by atoms with E-state index < -0.39 is 0 Å². The van der Waals surface area contributed by atoms with Crippen LogP contribution in [0.3, 0.4) is 0 Å². The van der Waals surface area contributed by atoms with Crippen molar-refractivity contribution in [1.82, 2.24) is 19.6 Å². The van der Waals surface area contributed by atoms with Crippen LogP contribution in [0, 0.1) is 48.5 Å². The lowest BCUT2D eigenvalue weighted by atomic mass is 10.1. The Hall–Kier alpha value is -3.39. The smallest absolute Gasteiger partial charge is 0.265 e. The minimum Gasteiger partial charge on any atom is -0.489 e. The van der Waals surface area contributed by atoms with Gasteiger partial charge in [0.25, 0.3) is 5.91 Å². The molecule has 3 heterocycles. The van der Waals surface area contributed by atoms with Gasteiger partial charge in [-0.3, -0.25) is 14.2 Å². The third-order valence-electron chi connectivity index (χ3n) is 6.62. The number of carbonyl (C=O) groups excluding carboxylic acids is 1. The molecule has 0 aliphatic heterocycles. The van der Waals surface area contributed by atoms with E-state index in [2.05, 4.69) is 55.3 Å². The average Bonchev–Trinajstić information content (AvgIpc) is 3.45. The molecular formula is C27H33N5O2S. The second-order valence-corrected chi connectivity index (χ2v) is 10.2. The van der Waals surface area contributed by atoms with Crippen molar-refractivity contribution in [2.45, 2.75) is 61.6 Å². The van der Waals surface area contributed by atoms with E-state index in [9.17, 15) is 4.79 Å². The van der Waals surface area contributed by atoms with Gasteiger partial charge in [0.15, 0.2) is 0 Å². The average molecular weight is 492 g/mol. The molecule has 8 heteroatoms. The zero-order valence-corrected chi connectivity index (χ0v) is 22.6. The molecule has 0 bridgehead atoms. The number of nitrogens with one attached hydrogen (secondary N) is 1. The fourth-order valence-corrected chi connectivity index (χ4v) is 5.08. The van der Waals surface area contributed by atoms with Gasteiger partial charge in [-0.2, -0.15) is 10.2 Å². The molecule has 1 N–H and O–H groups in total. The summed E-state index contributed by atoms with van der Waals surface area (Å²) in [4.78, 5) is 13.7. The fraction of sp³-hybridized carbons (Fsp3) is 0.370. The summed E-state index contributed by atoms with van der Waals surface area (Å²) < 4.78 is 9.89. The second-order valence-electron chi connectivity index (χ2n) is 9.24. The van der Waals surface area contributed by atoms with Crippen molar-refractivity contribution in [2.75, 3.05) is 5.32 Å². The van der Waals surface area contributed by atoms with Crippen LogP contribution >= 0.6 is 11.3 Å². The van der Waals surface area contributed by atoms with Crippen LogP contribution in [0.25, 0.3) is 0 Å². The van der Waals surface area contributed by atoms with E-state index in [1.165, 1.54) is 22.5 Å². The van der Waals surface area contributed by atoms with Crippen LogP contribution < -0.4 is 10.1 Å². The monoisotopic (exact) mass is 491 g/mol. The van der Waals surface area contributed by atoms with Gasteiger partial charge in [0.05, 0.1) is 34.2 Å². The van der Waals surface area contributed by atoms with Crippen molar-refractivity contribution >= 4 is 22.9 Å². The predicted octanol–water partition coefficient (Wildman–Crippen LogP) is 5.72. The van der Waals surface area contributed by atoms with Crippen LogP contribution in [0.1, 0.15) is 60.3 Å². The van der Waals surface area contributed by atoms with E-state index in [-0.39, 0.29) is 5.91 Å². The molecule has 0 fully saturated rings. The highest BCUT2D eigenvalue weighted by molar-refractivity contribution is 7.12. The first-order valence-corrected chi connectivity index (χ1v) is 12.6. The van der Waals surface area contributed by atoms with Crippen LogP contribution in [-0.4, -0.2) is 25.5 Å². The summed E-state index contributed by atoms with van der Waals surface area (Å²) >= 11 is 1.42. The van der Waals surface area contributed by atoms with E-state index in [0.717, 1.165) is 50.9 Å². The number of aromatic nitrogens is 4. The molecule has 35 heavy (non-hydrogen) atoms. The summed E-state index contributed by atoms with van der Waals surface area (Å²) in [7, 11) is 1.95. The van der Waals surface area contributed by atoms with Crippen molar-refractivity contribution in [3.8, 4) is 5.75 Å². The third-order valence-corrected chi connectivity index (χ3v) is 7.60. The summed E-state index contributed by atoms with van der Waals surface area (Å²) in [5, 5.41) is 14.2. The Morgan fingerprint density at radius 2 is 1.74 bits per heavy atom. The first-order chi connectivity index (χ1) is 16.5. The molecule has 184 valence electrons. The van der Waals surface area contributed by atoms with Gasteiger partial charge in [0, 0.05) is 23.9 Å². The number of benzene rings is 1. The lowest BCUT2D eigenvalue weighted by Gasteiger charge is -2.11. The number of hydrogen-bond donors (Lipinski definition) is 1. The maximum absolute atomic E-state index is 13.0. The van der Waals surface area contributed by atoms with Gasteiger partial charge >= 0.3 is 0 Å². The summed E-state index contributed by atoms with van der Waals surface area (Å²) in [6.07, 6.45) is 0. The molecule has 3 aromatic heterocycles. The zero-order chi connectivity index (χ0) is 25.4. The Kier molecular flexibility index (Phi) is 6.85. The summed E-state index contributed by atoms with van der Waals surface area (Å²) in [5.74, 6) is 0.751. The first-order valence-electron chi connectivity index (χ1n) is 11.7. The molecule has 1 amide bonds. The van der Waals surface area contributed by atoms with Gasteiger partial charge in [-0.25, -0.2) is 0 Å². The lowest BCUT2D eigenvalue weighted by Crippen LogP contribution is -2.12. The van der Waals surface area contributed by atoms with Crippen molar-refractivity contribution in [1.29, 1.82) is 0 Å². The molecular weight excluding hydrogens is 458 g/mol. The van der Waals surface area contributed by atoms with E-state index in [1.54, 1.807) is 0 Å². The number of anilines is 1. The van der Waals surface area contributed by atoms with Crippen molar-refractivity contribution in [3.05, 3.63) is 79.0 Å². The summed E-state index contributed by atoms with van der Waals surface area (Å²) in [6, 6.07) is 6.11. The normalized spacial score (nSPS) is 11.2. The van der Waals surface area contributed by atoms with Gasteiger partial charge in [-0.1, -0.05) is 6.07 Å². The van der Waals surface area contributed by atoms with Crippen LogP contribution in [0.2, 0.25) is 0 Å². The zero-order valence-electron chi connectivity index (χ0n) is 21.7. The quantitative estimate of drug-likeness (QED) is 0.359. The summed E-state index contributed by atoms with van der Waals surface area (Å²) in [6.45, 7) is 15.2. The maximum Gasteiger partial charge on any atom is 0.265 e. The molecule has 1 aromatic carbocycles. The molecule has 7 nitrogen and oxygen atoms in total. The van der Waals surface area contributed by atoms with Gasteiger partial charge in [-0.15, -0.1) is 11.3 Å². The Morgan fingerprint density at radius 1 is 1.00 bits per heavy atom. The number of amides is 1. The highest BCUT2D eigenvalue weighted by atomic mass is 32.1. The molecule has 0 aliphatic carbocycles. The number of carbonyl (C=O) groups is 1. The minimum atomic E-state index is -0.136. The van der Waals surface area contributed by atoms with Crippen LogP contribution in [-0.2, 0) is 20.2 Å². The molecule has 0 radical (unpaired) electrons. The number of ether oxygens (including phenoxy) is 1. The third kappa shape index (κ3) is 5.03. The highest BCUT2D eigenvalue weighted by Gasteiger charge is 2.19. The summed E-state index contributed by atoms with van der Waals surface area (Å²) in [5.41, 5.74) is 10.2. The SMILES string of the molecule is Cc1cc(C)c(C)c(OCc2csc(C(=O)Nc3c(C)nn(Cc4c(C)nn(C)c4C)c3C)c2)c1. The molecule has 4 aromatic rings. The van der Waals surface area contributed by atoms with E-state index in [0.29, 0.717) is 18.0 Å². The molecule has 0 saturated heterocycles. The highest BCUT2D eigenvalue weighted by Crippen LogP contribution is 2.27. The van der Waals surface area contributed by atoms with E-state index in [1.807, 2.05) is 48.6 Å². The minimum absolute atomic E-state index is 0.136. The van der Waals surface area contributed by atoms with Crippen molar-refractivity contribution in [3.63, 3.8) is 0 Å². The largest absolute Gasteiger partial charge is 0.489 e. The van der Waals surface area contributed by atoms with E-state index >= 15 is 0 Å². The Bertz CT molecular complexity index is 1410. The maximum atomic E-state index is 13.0. The Balaban J connectivity index is 1.45. The van der Waals surface area contributed by atoms with Crippen molar-refractivity contribution < 1.29 is 9.53 Å². The van der Waals surface area contributed by atoms with Crippen LogP contribution in [0.4, 0.5) is 5.69 Å². The molecule has 0 spiro atoms. The number of thiophene rings is 1. The van der Waals surface area contributed by atoms with Crippen LogP contribution in [0.15, 0.2) is 23.6 Å². The number of aryl methyl sites for hydroxylation is 5. The molecule has 0 atom stereocenters. The fourth-order valence-electron chi connectivity index (χ4n) is 4.29. The molecule has 0 aliphatic rings. The van der Waals surface area contributed by atoms with Gasteiger partial charge < -0.3 is 10.1 Å². The van der Waals surface area contributed by atoms with Gasteiger partial charge in [-0.05, 0) is 82.7 Å². The predicted molar refractivity (Wildman–Crippen MR) is 141 cm³/mol. The van der Waals surface area contributed by atoms with Crippen LogP contribution in [0.5, 0.6) is 5.75 Å². The Morgan fingerprint density at radius 3 is 2.43 bits per heavy atom.